The Morgan fingerprint density at radius 3 is 2.11 bits per heavy atom. The van der Waals surface area contributed by atoms with Gasteiger partial charge in [0, 0.05) is 45.7 Å². The Hall–Kier alpha value is -2.96. The number of sulfonamides is 1. The summed E-state index contributed by atoms with van der Waals surface area (Å²) < 4.78 is 59.9. The molecule has 2 aromatic carbocycles. The minimum Gasteiger partial charge on any atom is -0.475 e. The largest absolute Gasteiger partial charge is 0.490 e. The molecule has 1 aliphatic rings. The Balaban J connectivity index is 0.000000572. The molecule has 0 radical (unpaired) electrons. The Labute approximate surface area is 208 Å². The van der Waals surface area contributed by atoms with Crippen LogP contribution in [-0.2, 0) is 26.2 Å². The second-order valence-corrected chi connectivity index (χ2v) is 10.3. The number of rotatable bonds is 7. The monoisotopic (exact) mass is 529 g/mol. The zero-order valence-corrected chi connectivity index (χ0v) is 20.9. The molecular weight excluding hydrogens is 499 g/mol. The molecule has 0 atom stereocenters. The number of carboxylic acid groups (broad SMARTS) is 1. The lowest BCUT2D eigenvalue weighted by Crippen LogP contribution is -2.47. The minimum atomic E-state index is -5.08. The molecule has 1 saturated heterocycles. The fourth-order valence-corrected chi connectivity index (χ4v) is 5.05. The van der Waals surface area contributed by atoms with E-state index in [1.54, 1.807) is 23.1 Å². The summed E-state index contributed by atoms with van der Waals surface area (Å²) in [6, 6.07) is 14.7. The number of nitrogens with one attached hydrogen (secondary N) is 1. The molecule has 36 heavy (non-hydrogen) atoms. The van der Waals surface area contributed by atoms with Crippen LogP contribution in [0.5, 0.6) is 0 Å². The number of nitrogens with zero attached hydrogens (tertiary/aromatic N) is 2. The van der Waals surface area contributed by atoms with E-state index < -0.39 is 22.2 Å². The molecule has 0 unspecified atom stereocenters. The number of carboxylic acids is 1. The SMILES string of the molecule is Cc1cccc(CN(CCC(=O)N2CCNCC2)S(=O)(=O)c2cccc(C)c2)c1.O=C(O)C(F)(F)F. The van der Waals surface area contributed by atoms with E-state index in [9.17, 15) is 26.4 Å². The number of aliphatic carboxylic acids is 1. The molecule has 0 spiro atoms. The third-order valence-corrected chi connectivity index (χ3v) is 7.20. The molecule has 8 nitrogen and oxygen atoms in total. The predicted molar refractivity (Wildman–Crippen MR) is 128 cm³/mol. The molecule has 0 aliphatic carbocycles. The fraction of sp³-hybridized carbons (Fsp3) is 0.417. The van der Waals surface area contributed by atoms with Crippen LogP contribution in [0, 0.1) is 13.8 Å². The van der Waals surface area contributed by atoms with Crippen molar-refractivity contribution in [1.29, 1.82) is 0 Å². The van der Waals surface area contributed by atoms with E-state index in [1.165, 1.54) is 4.31 Å². The van der Waals surface area contributed by atoms with E-state index in [0.29, 0.717) is 13.1 Å². The van der Waals surface area contributed by atoms with Crippen molar-refractivity contribution in [2.45, 2.75) is 37.9 Å². The Kier molecular flexibility index (Phi) is 10.4. The average molecular weight is 530 g/mol. The van der Waals surface area contributed by atoms with Crippen LogP contribution >= 0.6 is 0 Å². The topological polar surface area (TPSA) is 107 Å². The first kappa shape index (κ1) is 29.3. The molecule has 1 amide bonds. The van der Waals surface area contributed by atoms with Gasteiger partial charge in [0.25, 0.3) is 0 Å². The van der Waals surface area contributed by atoms with Crippen LogP contribution in [0.3, 0.4) is 0 Å². The summed E-state index contributed by atoms with van der Waals surface area (Å²) in [4.78, 5) is 23.6. The van der Waals surface area contributed by atoms with Crippen LogP contribution in [0.25, 0.3) is 0 Å². The summed E-state index contributed by atoms with van der Waals surface area (Å²) in [5.41, 5.74) is 2.88. The fourth-order valence-electron chi connectivity index (χ4n) is 3.52. The summed E-state index contributed by atoms with van der Waals surface area (Å²) in [5.74, 6) is -2.76. The van der Waals surface area contributed by atoms with Gasteiger partial charge in [0.15, 0.2) is 0 Å². The van der Waals surface area contributed by atoms with Gasteiger partial charge in [-0.1, -0.05) is 42.0 Å². The molecule has 1 heterocycles. The van der Waals surface area contributed by atoms with Crippen molar-refractivity contribution in [2.75, 3.05) is 32.7 Å². The first-order valence-electron chi connectivity index (χ1n) is 11.2. The van der Waals surface area contributed by atoms with Crippen molar-refractivity contribution in [3.05, 3.63) is 65.2 Å². The van der Waals surface area contributed by atoms with Crippen molar-refractivity contribution < 1.29 is 36.3 Å². The molecule has 2 aromatic rings. The second kappa shape index (κ2) is 12.8. The van der Waals surface area contributed by atoms with Crippen molar-refractivity contribution in [2.24, 2.45) is 0 Å². The van der Waals surface area contributed by atoms with E-state index in [-0.39, 0.29) is 30.3 Å². The highest BCUT2D eigenvalue weighted by molar-refractivity contribution is 7.89. The summed E-state index contributed by atoms with van der Waals surface area (Å²) in [6.45, 7) is 7.15. The lowest BCUT2D eigenvalue weighted by Gasteiger charge is -2.29. The quantitative estimate of drug-likeness (QED) is 0.571. The Morgan fingerprint density at radius 1 is 1.03 bits per heavy atom. The lowest BCUT2D eigenvalue weighted by molar-refractivity contribution is -0.192. The number of hydrogen-bond acceptors (Lipinski definition) is 5. The molecule has 0 bridgehead atoms. The molecule has 2 N–H and O–H groups in total. The molecule has 0 saturated carbocycles. The van der Waals surface area contributed by atoms with Crippen LogP contribution in [0.2, 0.25) is 0 Å². The van der Waals surface area contributed by atoms with Crippen molar-refractivity contribution in [3.8, 4) is 0 Å². The molecule has 1 fully saturated rings. The number of benzene rings is 2. The third kappa shape index (κ3) is 8.92. The highest BCUT2D eigenvalue weighted by Crippen LogP contribution is 2.21. The van der Waals surface area contributed by atoms with Gasteiger partial charge in [-0.3, -0.25) is 4.79 Å². The van der Waals surface area contributed by atoms with Crippen LogP contribution in [0.15, 0.2) is 53.4 Å². The summed E-state index contributed by atoms with van der Waals surface area (Å²) in [6.07, 6.45) is -4.91. The van der Waals surface area contributed by atoms with Crippen LogP contribution in [0.4, 0.5) is 13.2 Å². The molecule has 12 heteroatoms. The maximum absolute atomic E-state index is 13.4. The van der Waals surface area contributed by atoms with Crippen LogP contribution in [0.1, 0.15) is 23.1 Å². The average Bonchev–Trinajstić information content (AvgIpc) is 2.82. The number of carbonyl (C=O) groups is 2. The summed E-state index contributed by atoms with van der Waals surface area (Å²) >= 11 is 0. The normalized spacial score (nSPS) is 14.2. The molecule has 198 valence electrons. The van der Waals surface area contributed by atoms with Crippen LogP contribution < -0.4 is 5.32 Å². The van der Waals surface area contributed by atoms with Gasteiger partial charge in [0.2, 0.25) is 15.9 Å². The van der Waals surface area contributed by atoms with Gasteiger partial charge in [0.1, 0.15) is 0 Å². The molecule has 0 aromatic heterocycles. The summed E-state index contributed by atoms with van der Waals surface area (Å²) in [5, 5.41) is 10.3. The predicted octanol–water partition coefficient (Wildman–Crippen LogP) is 2.95. The van der Waals surface area contributed by atoms with Gasteiger partial charge in [-0.25, -0.2) is 13.2 Å². The highest BCUT2D eigenvalue weighted by atomic mass is 32.2. The van der Waals surface area contributed by atoms with E-state index >= 15 is 0 Å². The maximum Gasteiger partial charge on any atom is 0.490 e. The summed E-state index contributed by atoms with van der Waals surface area (Å²) in [7, 11) is -3.71. The van der Waals surface area contributed by atoms with Gasteiger partial charge < -0.3 is 15.3 Å². The van der Waals surface area contributed by atoms with E-state index in [4.69, 9.17) is 9.90 Å². The van der Waals surface area contributed by atoms with Crippen LogP contribution in [-0.4, -0.2) is 73.5 Å². The highest BCUT2D eigenvalue weighted by Gasteiger charge is 2.38. The minimum absolute atomic E-state index is 0.000171. The van der Waals surface area contributed by atoms with Gasteiger partial charge in [-0.05, 0) is 37.1 Å². The van der Waals surface area contributed by atoms with E-state index in [2.05, 4.69) is 5.32 Å². The molecular formula is C24H30F3N3O5S. The van der Waals surface area contributed by atoms with Gasteiger partial charge in [0.05, 0.1) is 4.90 Å². The van der Waals surface area contributed by atoms with Crippen molar-refractivity contribution in [1.82, 2.24) is 14.5 Å². The van der Waals surface area contributed by atoms with Gasteiger partial charge in [-0.2, -0.15) is 17.5 Å². The standard InChI is InChI=1S/C22H29N3O3S.C2HF3O2/c1-18-5-3-7-20(15-18)17-25(12-9-22(26)24-13-10-23-11-14-24)29(27,28)21-8-4-6-19(2)16-21;3-2(4,5)1(6)7/h3-8,15-16,23H,9-14,17H2,1-2H3;(H,6,7). The van der Waals surface area contributed by atoms with Crippen molar-refractivity contribution in [3.63, 3.8) is 0 Å². The zero-order chi connectivity index (χ0) is 26.9. The van der Waals surface area contributed by atoms with Crippen molar-refractivity contribution >= 4 is 21.9 Å². The molecule has 1 aliphatic heterocycles. The molecule has 3 rings (SSSR count). The third-order valence-electron chi connectivity index (χ3n) is 5.36. The number of aryl methyl sites for hydroxylation is 2. The van der Waals surface area contributed by atoms with Gasteiger partial charge in [-0.15, -0.1) is 0 Å². The van der Waals surface area contributed by atoms with E-state index in [0.717, 1.165) is 29.8 Å². The first-order chi connectivity index (χ1) is 16.8. The number of halogens is 3. The Bertz CT molecular complexity index is 1150. The maximum atomic E-state index is 13.4. The van der Waals surface area contributed by atoms with E-state index in [1.807, 2.05) is 44.2 Å². The number of amides is 1. The smallest absolute Gasteiger partial charge is 0.475 e. The second-order valence-electron chi connectivity index (χ2n) is 8.33. The number of hydrogen-bond donors (Lipinski definition) is 2. The number of carbonyl (C=O) groups excluding carboxylic acids is 1. The van der Waals surface area contributed by atoms with Gasteiger partial charge >= 0.3 is 12.1 Å². The Morgan fingerprint density at radius 2 is 1.58 bits per heavy atom. The number of alkyl halides is 3. The lowest BCUT2D eigenvalue weighted by atomic mass is 10.1. The zero-order valence-electron chi connectivity index (χ0n) is 20.1. The first-order valence-corrected chi connectivity index (χ1v) is 12.7. The number of piperazine rings is 1.